The van der Waals surface area contributed by atoms with Crippen LogP contribution in [0, 0.1) is 6.92 Å². The van der Waals surface area contributed by atoms with Crippen LogP contribution in [0.25, 0.3) is 10.9 Å². The summed E-state index contributed by atoms with van der Waals surface area (Å²) in [5, 5.41) is 1.22. The van der Waals surface area contributed by atoms with Crippen LogP contribution in [0.15, 0.2) is 16.6 Å². The lowest BCUT2D eigenvalue weighted by atomic mass is 10.1. The van der Waals surface area contributed by atoms with E-state index >= 15 is 0 Å². The highest BCUT2D eigenvalue weighted by Gasteiger charge is 2.10. The Morgan fingerprint density at radius 1 is 1.44 bits per heavy atom. The van der Waals surface area contributed by atoms with E-state index in [-0.39, 0.29) is 0 Å². The lowest BCUT2D eigenvalue weighted by molar-refractivity contribution is 0.413. The summed E-state index contributed by atoms with van der Waals surface area (Å²) in [5.41, 5.74) is 9.20. The molecule has 3 N–H and O–H groups in total. The molecule has 1 aromatic heterocycles. The normalized spacial score (nSPS) is 11.0. The van der Waals surface area contributed by atoms with Crippen molar-refractivity contribution in [1.29, 1.82) is 0 Å². The van der Waals surface area contributed by atoms with E-state index in [1.165, 1.54) is 16.6 Å². The quantitative estimate of drug-likeness (QED) is 0.910. The van der Waals surface area contributed by atoms with Gasteiger partial charge in [-0.1, -0.05) is 0 Å². The Bertz CT molecular complexity index is 519. The van der Waals surface area contributed by atoms with Crippen molar-refractivity contribution < 1.29 is 4.74 Å². The van der Waals surface area contributed by atoms with Gasteiger partial charge in [-0.2, -0.15) is 0 Å². The number of ether oxygens (including phenoxy) is 1. The molecule has 0 bridgehead atoms. The number of halogens is 1. The van der Waals surface area contributed by atoms with Crippen molar-refractivity contribution in [3.63, 3.8) is 0 Å². The van der Waals surface area contributed by atoms with Crippen LogP contribution in [-0.4, -0.2) is 18.6 Å². The first-order valence-corrected chi connectivity index (χ1v) is 6.01. The van der Waals surface area contributed by atoms with Crippen molar-refractivity contribution >= 4 is 26.8 Å². The zero-order chi connectivity index (χ0) is 11.7. The molecule has 16 heavy (non-hydrogen) atoms. The predicted molar refractivity (Wildman–Crippen MR) is 70.0 cm³/mol. The molecule has 0 amide bonds. The number of nitrogens with two attached hydrogens (primary N) is 1. The molecule has 0 spiro atoms. The molecule has 4 heteroatoms. The third-order valence-corrected chi connectivity index (χ3v) is 3.41. The second-order valence-electron chi connectivity index (χ2n) is 3.80. The second-order valence-corrected chi connectivity index (χ2v) is 4.65. The second kappa shape index (κ2) is 4.47. The van der Waals surface area contributed by atoms with Crippen LogP contribution < -0.4 is 10.5 Å². The molecule has 3 nitrogen and oxygen atoms in total. The van der Waals surface area contributed by atoms with E-state index < -0.39 is 0 Å². The Labute approximate surface area is 103 Å². The predicted octanol–water partition coefficient (Wildman–Crippen LogP) is 2.75. The maximum atomic E-state index is 5.62. The summed E-state index contributed by atoms with van der Waals surface area (Å²) >= 11 is 3.50. The van der Waals surface area contributed by atoms with Crippen LogP contribution in [-0.2, 0) is 6.42 Å². The molecule has 0 aliphatic rings. The zero-order valence-corrected chi connectivity index (χ0v) is 11.0. The van der Waals surface area contributed by atoms with Gasteiger partial charge < -0.3 is 15.5 Å². The minimum atomic E-state index is 0.664. The number of fused-ring (bicyclic) bond motifs is 1. The lowest BCUT2D eigenvalue weighted by Crippen LogP contribution is -2.03. The average Bonchev–Trinajstić information content (AvgIpc) is 2.55. The van der Waals surface area contributed by atoms with Crippen molar-refractivity contribution in [3.8, 4) is 5.75 Å². The number of aryl methyl sites for hydroxylation is 1. The van der Waals surface area contributed by atoms with Gasteiger partial charge in [-0.05, 0) is 47.4 Å². The molecule has 1 aromatic carbocycles. The molecule has 0 aliphatic carbocycles. The number of rotatable bonds is 3. The van der Waals surface area contributed by atoms with Crippen LogP contribution in [0.5, 0.6) is 5.75 Å². The van der Waals surface area contributed by atoms with Crippen LogP contribution in [0.2, 0.25) is 0 Å². The minimum absolute atomic E-state index is 0.664. The van der Waals surface area contributed by atoms with Crippen LogP contribution >= 0.6 is 15.9 Å². The molecule has 0 fully saturated rings. The summed E-state index contributed by atoms with van der Waals surface area (Å²) in [6.07, 6.45) is 0.893. The van der Waals surface area contributed by atoms with E-state index in [0.29, 0.717) is 6.54 Å². The lowest BCUT2D eigenvalue weighted by Gasteiger charge is -2.04. The number of benzene rings is 1. The molecular weight excluding hydrogens is 268 g/mol. The van der Waals surface area contributed by atoms with Gasteiger partial charge in [0.05, 0.1) is 11.6 Å². The van der Waals surface area contributed by atoms with Crippen LogP contribution in [0.4, 0.5) is 0 Å². The molecule has 0 unspecified atom stereocenters. The highest BCUT2D eigenvalue weighted by molar-refractivity contribution is 9.10. The number of methoxy groups -OCH3 is 1. The van der Waals surface area contributed by atoms with E-state index in [1.807, 2.05) is 6.07 Å². The fourth-order valence-corrected chi connectivity index (χ4v) is 2.51. The Balaban J connectivity index is 2.66. The summed E-state index contributed by atoms with van der Waals surface area (Å²) in [7, 11) is 1.67. The van der Waals surface area contributed by atoms with E-state index in [0.717, 1.165) is 22.2 Å². The summed E-state index contributed by atoms with van der Waals surface area (Å²) in [6.45, 7) is 2.74. The SMILES string of the molecule is COc1cc2[nH]c(C)c(CCN)c2cc1Br. The summed E-state index contributed by atoms with van der Waals surface area (Å²) in [5.74, 6) is 0.841. The molecule has 0 saturated heterocycles. The van der Waals surface area contributed by atoms with Gasteiger partial charge in [0.2, 0.25) is 0 Å². The Morgan fingerprint density at radius 3 is 2.81 bits per heavy atom. The largest absolute Gasteiger partial charge is 0.495 e. The Morgan fingerprint density at radius 2 is 2.19 bits per heavy atom. The number of aromatic amines is 1. The maximum absolute atomic E-state index is 5.62. The van der Waals surface area contributed by atoms with Gasteiger partial charge in [0.1, 0.15) is 5.75 Å². The molecule has 86 valence electrons. The fourth-order valence-electron chi connectivity index (χ4n) is 2.01. The number of hydrogen-bond acceptors (Lipinski definition) is 2. The molecule has 2 aromatic rings. The third-order valence-electron chi connectivity index (χ3n) is 2.79. The van der Waals surface area contributed by atoms with Crippen molar-refractivity contribution in [2.45, 2.75) is 13.3 Å². The van der Waals surface area contributed by atoms with Crippen molar-refractivity contribution in [2.75, 3.05) is 13.7 Å². The molecule has 2 rings (SSSR count). The van der Waals surface area contributed by atoms with Gasteiger partial charge in [-0.15, -0.1) is 0 Å². The number of H-pyrrole nitrogens is 1. The third kappa shape index (κ3) is 1.83. The minimum Gasteiger partial charge on any atom is -0.495 e. The first kappa shape index (κ1) is 11.5. The highest BCUT2D eigenvalue weighted by atomic mass is 79.9. The van der Waals surface area contributed by atoms with Gasteiger partial charge in [-0.3, -0.25) is 0 Å². The Hall–Kier alpha value is -1.00. The highest BCUT2D eigenvalue weighted by Crippen LogP contribution is 2.32. The first-order chi connectivity index (χ1) is 7.67. The molecule has 0 saturated carbocycles. The fraction of sp³-hybridized carbons (Fsp3) is 0.333. The molecule has 1 heterocycles. The van der Waals surface area contributed by atoms with E-state index in [9.17, 15) is 0 Å². The maximum Gasteiger partial charge on any atom is 0.135 e. The van der Waals surface area contributed by atoms with Gasteiger partial charge in [0, 0.05) is 22.7 Å². The summed E-state index contributed by atoms with van der Waals surface area (Å²) in [6, 6.07) is 4.09. The van der Waals surface area contributed by atoms with Gasteiger partial charge in [0.25, 0.3) is 0 Å². The molecule has 0 aliphatic heterocycles. The van der Waals surface area contributed by atoms with E-state index in [1.54, 1.807) is 7.11 Å². The molecule has 0 radical (unpaired) electrons. The van der Waals surface area contributed by atoms with Gasteiger partial charge in [-0.25, -0.2) is 0 Å². The number of aromatic nitrogens is 1. The van der Waals surface area contributed by atoms with Crippen molar-refractivity contribution in [2.24, 2.45) is 5.73 Å². The number of hydrogen-bond donors (Lipinski definition) is 2. The van der Waals surface area contributed by atoms with Gasteiger partial charge in [0.15, 0.2) is 0 Å². The van der Waals surface area contributed by atoms with E-state index in [2.05, 4.69) is 33.9 Å². The standard InChI is InChI=1S/C12H15BrN2O/c1-7-8(3-4-14)9-5-10(13)12(16-2)6-11(9)15-7/h5-6,15H,3-4,14H2,1-2H3. The average molecular weight is 283 g/mol. The summed E-state index contributed by atoms with van der Waals surface area (Å²) < 4.78 is 6.24. The van der Waals surface area contributed by atoms with Crippen LogP contribution in [0.1, 0.15) is 11.3 Å². The molecule has 0 atom stereocenters. The topological polar surface area (TPSA) is 51.0 Å². The Kier molecular flexibility index (Phi) is 3.21. The van der Waals surface area contributed by atoms with Crippen LogP contribution in [0.3, 0.4) is 0 Å². The smallest absolute Gasteiger partial charge is 0.135 e. The zero-order valence-electron chi connectivity index (χ0n) is 9.43. The molecular formula is C12H15BrN2O. The van der Waals surface area contributed by atoms with E-state index in [4.69, 9.17) is 10.5 Å². The van der Waals surface area contributed by atoms with Gasteiger partial charge >= 0.3 is 0 Å². The van der Waals surface area contributed by atoms with Crippen molar-refractivity contribution in [3.05, 3.63) is 27.9 Å². The number of nitrogens with one attached hydrogen (secondary N) is 1. The summed E-state index contributed by atoms with van der Waals surface area (Å²) in [4.78, 5) is 3.36. The van der Waals surface area contributed by atoms with Crippen molar-refractivity contribution in [1.82, 2.24) is 4.98 Å². The monoisotopic (exact) mass is 282 g/mol. The first-order valence-electron chi connectivity index (χ1n) is 5.22.